The van der Waals surface area contributed by atoms with Gasteiger partial charge in [0.2, 0.25) is 0 Å². The van der Waals surface area contributed by atoms with Crippen molar-refractivity contribution in [3.05, 3.63) is 34.9 Å². The van der Waals surface area contributed by atoms with E-state index in [4.69, 9.17) is 0 Å². The topological polar surface area (TPSA) is 12.0 Å². The van der Waals surface area contributed by atoms with E-state index in [1.165, 1.54) is 24.8 Å². The maximum absolute atomic E-state index is 3.37. The lowest BCUT2D eigenvalue weighted by molar-refractivity contribution is 0.495. The monoisotopic (exact) mass is 175 g/mol. The number of hydrogen-bond acceptors (Lipinski definition) is 1. The van der Waals surface area contributed by atoms with E-state index in [2.05, 4.69) is 37.5 Å². The van der Waals surface area contributed by atoms with Crippen LogP contribution in [0.2, 0.25) is 0 Å². The van der Waals surface area contributed by atoms with Crippen LogP contribution < -0.4 is 5.32 Å². The molecule has 1 aromatic carbocycles. The molecule has 0 spiro atoms. The minimum absolute atomic E-state index is 0.689. The summed E-state index contributed by atoms with van der Waals surface area (Å²) in [6.45, 7) is 2.22. The van der Waals surface area contributed by atoms with E-state index in [1.54, 1.807) is 11.1 Å². The molecule has 13 heavy (non-hydrogen) atoms. The molecule has 0 heterocycles. The molecule has 0 bridgehead atoms. The minimum Gasteiger partial charge on any atom is -0.317 e. The first-order chi connectivity index (χ1) is 6.31. The molecule has 2 rings (SSSR count). The Balaban J connectivity index is 2.32. The molecule has 0 aliphatic heterocycles. The predicted octanol–water partition coefficient (Wildman–Crippen LogP) is 2.07. The third-order valence-corrected chi connectivity index (χ3v) is 3.13. The Labute approximate surface area is 80.2 Å². The van der Waals surface area contributed by atoms with E-state index in [0.29, 0.717) is 6.04 Å². The van der Waals surface area contributed by atoms with Crippen molar-refractivity contribution < 1.29 is 0 Å². The standard InChI is InChI=1S/C12H17N/c1-9-4-3-5-10-6-7-11(13-2)8-12(9)10/h3-5,11,13H,6-8H2,1-2H3. The van der Waals surface area contributed by atoms with Gasteiger partial charge in [0.15, 0.2) is 0 Å². The highest BCUT2D eigenvalue weighted by atomic mass is 14.9. The van der Waals surface area contributed by atoms with E-state index in [9.17, 15) is 0 Å². The zero-order chi connectivity index (χ0) is 9.26. The van der Waals surface area contributed by atoms with Crippen molar-refractivity contribution in [1.29, 1.82) is 0 Å². The summed E-state index contributed by atoms with van der Waals surface area (Å²) in [6, 6.07) is 7.35. The molecule has 0 aromatic heterocycles. The van der Waals surface area contributed by atoms with Crippen LogP contribution >= 0.6 is 0 Å². The average Bonchev–Trinajstić information content (AvgIpc) is 2.18. The first kappa shape index (κ1) is 8.76. The molecule has 1 atom stereocenters. The van der Waals surface area contributed by atoms with Crippen LogP contribution in [0.3, 0.4) is 0 Å². The molecule has 0 saturated carbocycles. The molecular formula is C12H17N. The van der Waals surface area contributed by atoms with Gasteiger partial charge >= 0.3 is 0 Å². The highest BCUT2D eigenvalue weighted by Gasteiger charge is 2.17. The van der Waals surface area contributed by atoms with Crippen LogP contribution in [0.5, 0.6) is 0 Å². The Morgan fingerprint density at radius 3 is 3.00 bits per heavy atom. The molecule has 1 N–H and O–H groups in total. The molecule has 1 aromatic rings. The third kappa shape index (κ3) is 1.61. The molecular weight excluding hydrogens is 158 g/mol. The second kappa shape index (κ2) is 3.51. The van der Waals surface area contributed by atoms with Crippen LogP contribution in [-0.2, 0) is 12.8 Å². The number of benzene rings is 1. The van der Waals surface area contributed by atoms with Gasteiger partial charge in [0, 0.05) is 6.04 Å². The highest BCUT2D eigenvalue weighted by Crippen LogP contribution is 2.23. The van der Waals surface area contributed by atoms with Crippen molar-refractivity contribution in [2.24, 2.45) is 0 Å². The van der Waals surface area contributed by atoms with E-state index < -0.39 is 0 Å². The fourth-order valence-electron chi connectivity index (χ4n) is 2.21. The predicted molar refractivity (Wildman–Crippen MR) is 56.1 cm³/mol. The molecule has 0 radical (unpaired) electrons. The highest BCUT2D eigenvalue weighted by molar-refractivity contribution is 5.37. The van der Waals surface area contributed by atoms with Crippen LogP contribution in [-0.4, -0.2) is 13.1 Å². The first-order valence-electron chi connectivity index (χ1n) is 5.06. The molecule has 1 heteroatoms. The molecule has 0 saturated heterocycles. The zero-order valence-corrected chi connectivity index (χ0v) is 8.43. The van der Waals surface area contributed by atoms with Gasteiger partial charge in [-0.3, -0.25) is 0 Å². The van der Waals surface area contributed by atoms with Gasteiger partial charge in [-0.2, -0.15) is 0 Å². The summed E-state index contributed by atoms with van der Waals surface area (Å²) in [5.41, 5.74) is 4.59. The lowest BCUT2D eigenvalue weighted by atomic mass is 9.86. The minimum atomic E-state index is 0.689. The summed E-state index contributed by atoms with van der Waals surface area (Å²) in [4.78, 5) is 0. The number of rotatable bonds is 1. The molecule has 0 fully saturated rings. The van der Waals surface area contributed by atoms with Crippen LogP contribution in [0.15, 0.2) is 18.2 Å². The van der Waals surface area contributed by atoms with Gasteiger partial charge in [0.1, 0.15) is 0 Å². The van der Waals surface area contributed by atoms with Gasteiger partial charge in [-0.25, -0.2) is 0 Å². The number of aryl methyl sites for hydroxylation is 2. The molecule has 70 valence electrons. The average molecular weight is 175 g/mol. The van der Waals surface area contributed by atoms with Crippen molar-refractivity contribution >= 4 is 0 Å². The second-order valence-electron chi connectivity index (χ2n) is 3.94. The molecule has 1 aliphatic carbocycles. The smallest absolute Gasteiger partial charge is 0.0108 e. The maximum Gasteiger partial charge on any atom is 0.0108 e. The largest absolute Gasteiger partial charge is 0.317 e. The summed E-state index contributed by atoms with van der Waals surface area (Å²) >= 11 is 0. The summed E-state index contributed by atoms with van der Waals surface area (Å²) < 4.78 is 0. The van der Waals surface area contributed by atoms with Crippen LogP contribution in [0.1, 0.15) is 23.1 Å². The van der Waals surface area contributed by atoms with Crippen molar-refractivity contribution in [1.82, 2.24) is 5.32 Å². The summed E-state index contributed by atoms with van der Waals surface area (Å²) in [5.74, 6) is 0. The second-order valence-corrected chi connectivity index (χ2v) is 3.94. The van der Waals surface area contributed by atoms with E-state index in [1.807, 2.05) is 0 Å². The Morgan fingerprint density at radius 1 is 1.38 bits per heavy atom. The van der Waals surface area contributed by atoms with E-state index in [0.717, 1.165) is 0 Å². The lowest BCUT2D eigenvalue weighted by Gasteiger charge is -2.25. The summed E-state index contributed by atoms with van der Waals surface area (Å²) in [6.07, 6.45) is 3.73. The fraction of sp³-hybridized carbons (Fsp3) is 0.500. The SMILES string of the molecule is CNC1CCc2cccc(C)c2C1. The molecule has 1 aliphatic rings. The van der Waals surface area contributed by atoms with Crippen molar-refractivity contribution in [2.75, 3.05) is 7.05 Å². The van der Waals surface area contributed by atoms with Crippen LogP contribution in [0.25, 0.3) is 0 Å². The van der Waals surface area contributed by atoms with E-state index in [-0.39, 0.29) is 0 Å². The van der Waals surface area contributed by atoms with Gasteiger partial charge in [-0.1, -0.05) is 18.2 Å². The molecule has 0 amide bonds. The maximum atomic E-state index is 3.37. The van der Waals surface area contributed by atoms with Crippen LogP contribution in [0.4, 0.5) is 0 Å². The zero-order valence-electron chi connectivity index (χ0n) is 8.43. The normalized spacial score (nSPS) is 21.2. The van der Waals surface area contributed by atoms with Gasteiger partial charge in [0.05, 0.1) is 0 Å². The summed E-state index contributed by atoms with van der Waals surface area (Å²) in [7, 11) is 2.06. The Hall–Kier alpha value is -0.820. The first-order valence-corrected chi connectivity index (χ1v) is 5.06. The number of hydrogen-bond donors (Lipinski definition) is 1. The van der Waals surface area contributed by atoms with Gasteiger partial charge in [-0.05, 0) is 49.9 Å². The Bertz CT molecular complexity index is 304. The third-order valence-electron chi connectivity index (χ3n) is 3.13. The van der Waals surface area contributed by atoms with Gasteiger partial charge in [0.25, 0.3) is 0 Å². The van der Waals surface area contributed by atoms with Crippen molar-refractivity contribution in [2.45, 2.75) is 32.2 Å². The quantitative estimate of drug-likeness (QED) is 0.689. The Kier molecular flexibility index (Phi) is 2.36. The van der Waals surface area contributed by atoms with E-state index >= 15 is 0 Å². The molecule has 1 unspecified atom stereocenters. The van der Waals surface area contributed by atoms with Gasteiger partial charge < -0.3 is 5.32 Å². The molecule has 1 nitrogen and oxygen atoms in total. The fourth-order valence-corrected chi connectivity index (χ4v) is 2.21. The number of nitrogens with one attached hydrogen (secondary N) is 1. The van der Waals surface area contributed by atoms with Crippen LogP contribution in [0, 0.1) is 6.92 Å². The number of likely N-dealkylation sites (N-methyl/N-ethyl adjacent to an activating group) is 1. The number of fused-ring (bicyclic) bond motifs is 1. The van der Waals surface area contributed by atoms with Crippen molar-refractivity contribution in [3.8, 4) is 0 Å². The Morgan fingerprint density at radius 2 is 2.23 bits per heavy atom. The lowest BCUT2D eigenvalue weighted by Crippen LogP contribution is -2.31. The van der Waals surface area contributed by atoms with Crippen molar-refractivity contribution in [3.63, 3.8) is 0 Å². The van der Waals surface area contributed by atoms with Gasteiger partial charge in [-0.15, -0.1) is 0 Å². The summed E-state index contributed by atoms with van der Waals surface area (Å²) in [5, 5.41) is 3.37.